The van der Waals surface area contributed by atoms with Crippen molar-refractivity contribution in [3.8, 4) is 0 Å². The van der Waals surface area contributed by atoms with E-state index in [0.717, 1.165) is 14.9 Å². The Bertz CT molecular complexity index is 330. The summed E-state index contributed by atoms with van der Waals surface area (Å²) < 4.78 is 1.10. The van der Waals surface area contributed by atoms with E-state index in [9.17, 15) is 0 Å². The number of nitrogen functional groups attached to an aromatic ring is 1. The minimum atomic E-state index is 0.194. The Morgan fingerprint density at radius 2 is 2.13 bits per heavy atom. The molecule has 4 heteroatoms. The molecule has 1 rings (SSSR count). The van der Waals surface area contributed by atoms with Crippen LogP contribution in [0.3, 0.4) is 0 Å². The van der Waals surface area contributed by atoms with Gasteiger partial charge in [-0.25, -0.2) is 0 Å². The smallest absolute Gasteiger partial charge is 0.0479 e. The molecular formula is C11H17IN2O. The van der Waals surface area contributed by atoms with Crippen LogP contribution in [0.25, 0.3) is 0 Å². The van der Waals surface area contributed by atoms with Crippen molar-refractivity contribution in [3.63, 3.8) is 0 Å². The van der Waals surface area contributed by atoms with Gasteiger partial charge in [-0.1, -0.05) is 6.92 Å². The summed E-state index contributed by atoms with van der Waals surface area (Å²) in [5, 5.41) is 12.4. The lowest BCUT2D eigenvalue weighted by molar-refractivity contribution is 0.226. The molecule has 0 aliphatic heterocycles. The van der Waals surface area contributed by atoms with Crippen molar-refractivity contribution < 1.29 is 5.11 Å². The van der Waals surface area contributed by atoms with Crippen molar-refractivity contribution in [1.29, 1.82) is 0 Å². The molecule has 1 aromatic rings. The van der Waals surface area contributed by atoms with Crippen molar-refractivity contribution in [3.05, 3.63) is 21.8 Å². The number of hydrogen-bond donors (Lipinski definition) is 3. The van der Waals surface area contributed by atoms with Gasteiger partial charge in [0.05, 0.1) is 0 Å². The normalized spacial score (nSPS) is 14.7. The van der Waals surface area contributed by atoms with E-state index >= 15 is 0 Å². The Kier molecular flexibility index (Phi) is 4.66. The average Bonchev–Trinajstić information content (AvgIpc) is 2.20. The fourth-order valence-electron chi connectivity index (χ4n) is 1.19. The molecule has 15 heavy (non-hydrogen) atoms. The summed E-state index contributed by atoms with van der Waals surface area (Å²) in [6.45, 7) is 4.27. The summed E-state index contributed by atoms with van der Waals surface area (Å²) in [6.07, 6.45) is 0. The highest BCUT2D eigenvalue weighted by Gasteiger charge is 2.11. The standard InChI is InChI=1S/C11H17IN2O/c1-7(6-15)8(2)14-11-4-3-9(13)5-10(11)12/h3-5,7-8,14-15H,6,13H2,1-2H3. The summed E-state index contributed by atoms with van der Waals surface area (Å²) in [4.78, 5) is 0. The van der Waals surface area contributed by atoms with Crippen LogP contribution >= 0.6 is 22.6 Å². The van der Waals surface area contributed by atoms with Gasteiger partial charge in [0.25, 0.3) is 0 Å². The zero-order chi connectivity index (χ0) is 11.4. The molecule has 1 aromatic carbocycles. The van der Waals surface area contributed by atoms with E-state index in [4.69, 9.17) is 10.8 Å². The first-order valence-corrected chi connectivity index (χ1v) is 6.05. The highest BCUT2D eigenvalue weighted by Crippen LogP contribution is 2.22. The Morgan fingerprint density at radius 3 is 2.67 bits per heavy atom. The second-order valence-corrected chi connectivity index (χ2v) is 4.99. The molecule has 0 radical (unpaired) electrons. The second-order valence-electron chi connectivity index (χ2n) is 3.83. The fraction of sp³-hybridized carbons (Fsp3) is 0.455. The van der Waals surface area contributed by atoms with Crippen LogP contribution in [0.4, 0.5) is 11.4 Å². The minimum Gasteiger partial charge on any atom is -0.399 e. The SMILES string of the molecule is CC(CO)C(C)Nc1ccc(N)cc1I. The topological polar surface area (TPSA) is 58.3 Å². The molecule has 0 heterocycles. The van der Waals surface area contributed by atoms with E-state index < -0.39 is 0 Å². The summed E-state index contributed by atoms with van der Waals surface area (Å²) >= 11 is 2.25. The Labute approximate surface area is 104 Å². The Balaban J connectivity index is 2.72. The molecule has 0 amide bonds. The van der Waals surface area contributed by atoms with Gasteiger partial charge in [-0.05, 0) is 53.6 Å². The number of aliphatic hydroxyl groups is 1. The predicted octanol–water partition coefficient (Wildman–Crippen LogP) is 2.30. The zero-order valence-electron chi connectivity index (χ0n) is 9.00. The number of nitrogens with one attached hydrogen (secondary N) is 1. The molecule has 0 spiro atoms. The average molecular weight is 320 g/mol. The molecule has 3 nitrogen and oxygen atoms in total. The summed E-state index contributed by atoms with van der Waals surface area (Å²) in [5.74, 6) is 0.235. The molecule has 0 fully saturated rings. The lowest BCUT2D eigenvalue weighted by atomic mass is 10.0. The summed E-state index contributed by atoms with van der Waals surface area (Å²) in [6, 6.07) is 6.02. The van der Waals surface area contributed by atoms with E-state index in [0.29, 0.717) is 0 Å². The molecule has 2 atom stereocenters. The van der Waals surface area contributed by atoms with E-state index in [1.165, 1.54) is 0 Å². The summed E-state index contributed by atoms with van der Waals surface area (Å²) in [7, 11) is 0. The quantitative estimate of drug-likeness (QED) is 0.589. The molecule has 2 unspecified atom stereocenters. The monoisotopic (exact) mass is 320 g/mol. The largest absolute Gasteiger partial charge is 0.399 e. The van der Waals surface area contributed by atoms with Crippen LogP contribution < -0.4 is 11.1 Å². The lowest BCUT2D eigenvalue weighted by Crippen LogP contribution is -2.26. The van der Waals surface area contributed by atoms with Crippen LogP contribution in [0.15, 0.2) is 18.2 Å². The maximum atomic E-state index is 9.03. The number of anilines is 2. The highest BCUT2D eigenvalue weighted by atomic mass is 127. The van der Waals surface area contributed by atoms with E-state index in [-0.39, 0.29) is 18.6 Å². The van der Waals surface area contributed by atoms with Crippen LogP contribution in [0, 0.1) is 9.49 Å². The van der Waals surface area contributed by atoms with Crippen LogP contribution in [0.2, 0.25) is 0 Å². The van der Waals surface area contributed by atoms with Gasteiger partial charge in [-0.2, -0.15) is 0 Å². The van der Waals surface area contributed by atoms with Crippen LogP contribution in [0.1, 0.15) is 13.8 Å². The number of rotatable bonds is 4. The van der Waals surface area contributed by atoms with Crippen molar-refractivity contribution in [2.75, 3.05) is 17.7 Å². The lowest BCUT2D eigenvalue weighted by Gasteiger charge is -2.21. The Morgan fingerprint density at radius 1 is 1.47 bits per heavy atom. The highest BCUT2D eigenvalue weighted by molar-refractivity contribution is 14.1. The molecule has 4 N–H and O–H groups in total. The summed E-state index contributed by atoms with van der Waals surface area (Å²) in [5.41, 5.74) is 7.51. The third-order valence-corrected chi connectivity index (χ3v) is 3.41. The molecule has 0 aliphatic rings. The Hall–Kier alpha value is -0.490. The van der Waals surface area contributed by atoms with Crippen molar-refractivity contribution in [1.82, 2.24) is 0 Å². The van der Waals surface area contributed by atoms with Crippen LogP contribution in [-0.2, 0) is 0 Å². The minimum absolute atomic E-state index is 0.194. The van der Waals surface area contributed by atoms with Gasteiger partial charge in [0.15, 0.2) is 0 Å². The molecule has 84 valence electrons. The van der Waals surface area contributed by atoms with Gasteiger partial charge in [-0.3, -0.25) is 0 Å². The second kappa shape index (κ2) is 5.55. The number of nitrogens with two attached hydrogens (primary N) is 1. The molecule has 0 saturated carbocycles. The van der Waals surface area contributed by atoms with Gasteiger partial charge >= 0.3 is 0 Å². The first-order valence-electron chi connectivity index (χ1n) is 4.97. The maximum Gasteiger partial charge on any atom is 0.0479 e. The number of aliphatic hydroxyl groups excluding tert-OH is 1. The van der Waals surface area contributed by atoms with Crippen molar-refractivity contribution in [2.24, 2.45) is 5.92 Å². The van der Waals surface area contributed by atoms with Crippen molar-refractivity contribution in [2.45, 2.75) is 19.9 Å². The van der Waals surface area contributed by atoms with Gasteiger partial charge in [0, 0.05) is 27.6 Å². The molecule has 0 bridgehead atoms. The first-order chi connectivity index (χ1) is 7.04. The van der Waals surface area contributed by atoms with E-state index in [2.05, 4.69) is 34.8 Å². The maximum absolute atomic E-state index is 9.03. The number of halogens is 1. The molecule has 0 aromatic heterocycles. The van der Waals surface area contributed by atoms with Crippen LogP contribution in [0.5, 0.6) is 0 Å². The third-order valence-electron chi connectivity index (χ3n) is 2.52. The van der Waals surface area contributed by atoms with Gasteiger partial charge < -0.3 is 16.2 Å². The van der Waals surface area contributed by atoms with E-state index in [1.807, 2.05) is 25.1 Å². The van der Waals surface area contributed by atoms with Crippen molar-refractivity contribution >= 4 is 34.0 Å². The molecule has 0 saturated heterocycles. The first kappa shape index (κ1) is 12.6. The van der Waals surface area contributed by atoms with Gasteiger partial charge in [0.2, 0.25) is 0 Å². The number of benzene rings is 1. The van der Waals surface area contributed by atoms with Gasteiger partial charge in [0.1, 0.15) is 0 Å². The van der Waals surface area contributed by atoms with Crippen LogP contribution in [-0.4, -0.2) is 17.8 Å². The predicted molar refractivity (Wildman–Crippen MR) is 72.9 cm³/mol. The fourth-order valence-corrected chi connectivity index (χ4v) is 1.89. The van der Waals surface area contributed by atoms with E-state index in [1.54, 1.807) is 0 Å². The number of hydrogen-bond acceptors (Lipinski definition) is 3. The zero-order valence-corrected chi connectivity index (χ0v) is 11.2. The molecule has 0 aliphatic carbocycles. The van der Waals surface area contributed by atoms with Gasteiger partial charge in [-0.15, -0.1) is 0 Å². The third kappa shape index (κ3) is 3.53. The molecular weight excluding hydrogens is 303 g/mol.